The summed E-state index contributed by atoms with van der Waals surface area (Å²) in [6, 6.07) is 6.61. The second-order valence-electron chi connectivity index (χ2n) is 4.57. The number of aromatic nitrogens is 2. The molecule has 2 aromatic rings. The fraction of sp³-hybridized carbons (Fsp3) is 0.385. The summed E-state index contributed by atoms with van der Waals surface area (Å²) in [5, 5.41) is 11.5. The number of halogens is 1. The first-order valence-electron chi connectivity index (χ1n) is 6.05. The molecule has 0 aliphatic heterocycles. The van der Waals surface area contributed by atoms with E-state index in [2.05, 4.69) is 31.4 Å². The van der Waals surface area contributed by atoms with Gasteiger partial charge in [-0.05, 0) is 37.5 Å². The first kappa shape index (κ1) is 11.9. The fourth-order valence-corrected chi connectivity index (χ4v) is 2.16. The molecule has 1 heterocycles. The summed E-state index contributed by atoms with van der Waals surface area (Å²) in [6.45, 7) is 2.69. The maximum absolute atomic E-state index is 5.68. The topological polar surface area (TPSA) is 51.0 Å². The second kappa shape index (κ2) is 4.82. The van der Waals surface area contributed by atoms with Crippen LogP contribution in [-0.2, 0) is 6.54 Å². The zero-order chi connectivity index (χ0) is 12.5. The minimum Gasteiger partial charge on any atom is -0.419 e. The lowest BCUT2D eigenvalue weighted by Gasteiger charge is -2.02. The van der Waals surface area contributed by atoms with E-state index in [1.807, 2.05) is 25.1 Å². The summed E-state index contributed by atoms with van der Waals surface area (Å²) in [7, 11) is 0. The van der Waals surface area contributed by atoms with Gasteiger partial charge in [-0.2, -0.15) is 0 Å². The molecule has 5 heteroatoms. The molecule has 0 amide bonds. The molecule has 1 aliphatic rings. The Morgan fingerprint density at radius 1 is 1.39 bits per heavy atom. The summed E-state index contributed by atoms with van der Waals surface area (Å²) >= 11 is 3.51. The molecule has 1 N–H and O–H groups in total. The Hall–Kier alpha value is -1.20. The van der Waals surface area contributed by atoms with Crippen LogP contribution < -0.4 is 5.32 Å². The van der Waals surface area contributed by atoms with Crippen LogP contribution in [0.2, 0.25) is 0 Å². The fourth-order valence-electron chi connectivity index (χ4n) is 1.79. The van der Waals surface area contributed by atoms with E-state index in [-0.39, 0.29) is 0 Å². The van der Waals surface area contributed by atoms with Crippen LogP contribution in [0, 0.1) is 6.92 Å². The highest BCUT2D eigenvalue weighted by Gasteiger charge is 2.21. The molecule has 0 spiro atoms. The molecule has 1 aromatic carbocycles. The van der Waals surface area contributed by atoms with Crippen LogP contribution >= 0.6 is 15.9 Å². The van der Waals surface area contributed by atoms with Crippen molar-refractivity contribution in [3.63, 3.8) is 0 Å². The Bertz CT molecular complexity index is 563. The average molecular weight is 308 g/mol. The summed E-state index contributed by atoms with van der Waals surface area (Å²) in [5.41, 5.74) is 2.09. The van der Waals surface area contributed by atoms with Crippen LogP contribution in [0.15, 0.2) is 27.1 Å². The zero-order valence-electron chi connectivity index (χ0n) is 10.1. The van der Waals surface area contributed by atoms with Gasteiger partial charge in [0.2, 0.25) is 11.8 Å². The van der Waals surface area contributed by atoms with Gasteiger partial charge in [0.1, 0.15) is 0 Å². The minimum atomic E-state index is 0.585. The van der Waals surface area contributed by atoms with Crippen molar-refractivity contribution < 1.29 is 4.42 Å². The van der Waals surface area contributed by atoms with E-state index in [0.717, 1.165) is 15.6 Å². The summed E-state index contributed by atoms with van der Waals surface area (Å²) < 4.78 is 6.73. The quantitative estimate of drug-likeness (QED) is 0.943. The Kier molecular flexibility index (Phi) is 3.18. The molecule has 0 atom stereocenters. The van der Waals surface area contributed by atoms with Crippen LogP contribution in [0.4, 0.5) is 0 Å². The number of hydrogen-bond acceptors (Lipinski definition) is 4. The van der Waals surface area contributed by atoms with Crippen molar-refractivity contribution >= 4 is 15.9 Å². The lowest BCUT2D eigenvalue weighted by Crippen LogP contribution is -2.15. The van der Waals surface area contributed by atoms with E-state index in [9.17, 15) is 0 Å². The Balaban J connectivity index is 1.80. The third-order valence-electron chi connectivity index (χ3n) is 3.08. The molecule has 94 valence electrons. The highest BCUT2D eigenvalue weighted by molar-refractivity contribution is 9.10. The highest BCUT2D eigenvalue weighted by atomic mass is 79.9. The molecule has 1 aromatic heterocycles. The Morgan fingerprint density at radius 3 is 3.00 bits per heavy atom. The molecule has 18 heavy (non-hydrogen) atoms. The molecular weight excluding hydrogens is 294 g/mol. The van der Waals surface area contributed by atoms with Crippen LogP contribution in [0.5, 0.6) is 0 Å². The van der Waals surface area contributed by atoms with Gasteiger partial charge in [0.25, 0.3) is 0 Å². The van der Waals surface area contributed by atoms with Gasteiger partial charge in [0.05, 0.1) is 6.54 Å². The predicted octanol–water partition coefficient (Wildman–Crippen LogP) is 3.06. The van der Waals surface area contributed by atoms with Crippen molar-refractivity contribution in [3.05, 3.63) is 34.1 Å². The van der Waals surface area contributed by atoms with Crippen molar-refractivity contribution in [3.8, 4) is 11.5 Å². The van der Waals surface area contributed by atoms with Crippen LogP contribution in [0.25, 0.3) is 11.5 Å². The molecule has 3 rings (SSSR count). The number of benzene rings is 1. The van der Waals surface area contributed by atoms with E-state index in [0.29, 0.717) is 24.4 Å². The third kappa shape index (κ3) is 2.47. The summed E-state index contributed by atoms with van der Waals surface area (Å²) in [5.74, 6) is 1.23. The van der Waals surface area contributed by atoms with E-state index in [1.165, 1.54) is 12.8 Å². The molecule has 0 radical (unpaired) electrons. The smallest absolute Gasteiger partial charge is 0.248 e. The maximum Gasteiger partial charge on any atom is 0.248 e. The molecule has 1 fully saturated rings. The van der Waals surface area contributed by atoms with Crippen molar-refractivity contribution in [2.24, 2.45) is 0 Å². The lowest BCUT2D eigenvalue weighted by atomic mass is 10.1. The predicted molar refractivity (Wildman–Crippen MR) is 72.0 cm³/mol. The number of nitrogens with zero attached hydrogens (tertiary/aromatic N) is 2. The van der Waals surface area contributed by atoms with Crippen molar-refractivity contribution in [2.75, 3.05) is 0 Å². The van der Waals surface area contributed by atoms with Crippen LogP contribution in [0.3, 0.4) is 0 Å². The zero-order valence-corrected chi connectivity index (χ0v) is 11.7. The molecule has 0 saturated heterocycles. The third-order valence-corrected chi connectivity index (χ3v) is 3.94. The molecule has 4 nitrogen and oxygen atoms in total. The number of nitrogens with one attached hydrogen (secondary N) is 1. The summed E-state index contributed by atoms with van der Waals surface area (Å²) in [6.07, 6.45) is 2.51. The molecule has 1 aliphatic carbocycles. The SMILES string of the molecule is Cc1c(Br)cccc1-c1nnc(CNC2CC2)o1. The van der Waals surface area contributed by atoms with Gasteiger partial charge in [-0.1, -0.05) is 22.0 Å². The first-order chi connectivity index (χ1) is 8.74. The van der Waals surface area contributed by atoms with E-state index < -0.39 is 0 Å². The van der Waals surface area contributed by atoms with Gasteiger partial charge in [-0.15, -0.1) is 10.2 Å². The van der Waals surface area contributed by atoms with E-state index in [1.54, 1.807) is 0 Å². The Morgan fingerprint density at radius 2 is 2.22 bits per heavy atom. The molecule has 0 bridgehead atoms. The van der Waals surface area contributed by atoms with Crippen molar-refractivity contribution in [1.82, 2.24) is 15.5 Å². The van der Waals surface area contributed by atoms with E-state index >= 15 is 0 Å². The largest absolute Gasteiger partial charge is 0.419 e. The van der Waals surface area contributed by atoms with Crippen molar-refractivity contribution in [1.29, 1.82) is 0 Å². The summed E-state index contributed by atoms with van der Waals surface area (Å²) in [4.78, 5) is 0. The monoisotopic (exact) mass is 307 g/mol. The number of rotatable bonds is 4. The lowest BCUT2D eigenvalue weighted by molar-refractivity contribution is 0.476. The normalized spacial score (nSPS) is 15.0. The van der Waals surface area contributed by atoms with Gasteiger partial charge in [-0.3, -0.25) is 0 Å². The average Bonchev–Trinajstić information content (AvgIpc) is 3.08. The molecule has 0 unspecified atom stereocenters. The van der Waals surface area contributed by atoms with Gasteiger partial charge in [-0.25, -0.2) is 0 Å². The maximum atomic E-state index is 5.68. The van der Waals surface area contributed by atoms with Gasteiger partial charge in [0.15, 0.2) is 0 Å². The van der Waals surface area contributed by atoms with Crippen molar-refractivity contribution in [2.45, 2.75) is 32.4 Å². The minimum absolute atomic E-state index is 0.585. The molecule has 1 saturated carbocycles. The van der Waals surface area contributed by atoms with Gasteiger partial charge in [0, 0.05) is 16.1 Å². The highest BCUT2D eigenvalue weighted by Crippen LogP contribution is 2.27. The van der Waals surface area contributed by atoms with Crippen LogP contribution in [0.1, 0.15) is 24.3 Å². The van der Waals surface area contributed by atoms with Crippen LogP contribution in [-0.4, -0.2) is 16.2 Å². The first-order valence-corrected chi connectivity index (χ1v) is 6.84. The van der Waals surface area contributed by atoms with Gasteiger partial charge >= 0.3 is 0 Å². The molecular formula is C13H14BrN3O. The second-order valence-corrected chi connectivity index (χ2v) is 5.42. The Labute approximate surface area is 114 Å². The van der Waals surface area contributed by atoms with Gasteiger partial charge < -0.3 is 9.73 Å². The number of hydrogen-bond donors (Lipinski definition) is 1. The standard InChI is InChI=1S/C13H14BrN3O/c1-8-10(3-2-4-11(8)14)13-17-16-12(18-13)7-15-9-5-6-9/h2-4,9,15H,5-7H2,1H3. The van der Waals surface area contributed by atoms with E-state index in [4.69, 9.17) is 4.42 Å².